The fourth-order valence-corrected chi connectivity index (χ4v) is 2.42. The summed E-state index contributed by atoms with van der Waals surface area (Å²) in [4.78, 5) is 8.99. The van der Waals surface area contributed by atoms with Crippen LogP contribution in [0, 0.1) is 0 Å². The summed E-state index contributed by atoms with van der Waals surface area (Å²) < 4.78 is 5.73. The van der Waals surface area contributed by atoms with Crippen LogP contribution in [-0.4, -0.2) is 9.97 Å². The number of benzene rings is 2. The molecule has 0 aliphatic heterocycles. The van der Waals surface area contributed by atoms with Crippen LogP contribution < -0.4 is 5.73 Å². The maximum Gasteiger partial charge on any atom is 0.246 e. The van der Waals surface area contributed by atoms with Gasteiger partial charge in [0, 0.05) is 11.5 Å². The molecule has 0 aliphatic carbocycles. The number of para-hydroxylation sites is 1. The SMILES string of the molecule is Nc1cc2oc(-c3ccc4ccccc4n3)nc2cc1Cl. The van der Waals surface area contributed by atoms with Gasteiger partial charge < -0.3 is 10.2 Å². The van der Waals surface area contributed by atoms with Crippen molar-refractivity contribution in [2.24, 2.45) is 0 Å². The molecule has 0 saturated heterocycles. The van der Waals surface area contributed by atoms with Gasteiger partial charge >= 0.3 is 0 Å². The zero-order valence-electron chi connectivity index (χ0n) is 10.9. The highest BCUT2D eigenvalue weighted by Gasteiger charge is 2.11. The highest BCUT2D eigenvalue weighted by molar-refractivity contribution is 6.33. The minimum absolute atomic E-state index is 0.456. The van der Waals surface area contributed by atoms with Crippen molar-refractivity contribution in [1.29, 1.82) is 0 Å². The van der Waals surface area contributed by atoms with Crippen molar-refractivity contribution in [2.45, 2.75) is 0 Å². The Labute approximate surface area is 125 Å². The summed E-state index contributed by atoms with van der Waals surface area (Å²) in [6, 6.07) is 15.1. The van der Waals surface area contributed by atoms with Gasteiger partial charge in [-0.3, -0.25) is 0 Å². The Balaban J connectivity index is 1.91. The van der Waals surface area contributed by atoms with Crippen LogP contribution in [-0.2, 0) is 0 Å². The molecule has 5 heteroatoms. The maximum absolute atomic E-state index is 6.00. The Hall–Kier alpha value is -2.59. The van der Waals surface area contributed by atoms with E-state index >= 15 is 0 Å². The molecule has 0 atom stereocenters. The molecular weight excluding hydrogens is 286 g/mol. The van der Waals surface area contributed by atoms with Crippen molar-refractivity contribution in [3.05, 3.63) is 53.6 Å². The number of nitrogens with zero attached hydrogens (tertiary/aromatic N) is 2. The normalized spacial score (nSPS) is 11.3. The van der Waals surface area contributed by atoms with E-state index < -0.39 is 0 Å². The number of rotatable bonds is 1. The average Bonchev–Trinajstić information content (AvgIpc) is 2.90. The largest absolute Gasteiger partial charge is 0.435 e. The highest BCUT2D eigenvalue weighted by Crippen LogP contribution is 2.29. The van der Waals surface area contributed by atoms with Crippen molar-refractivity contribution in [3.63, 3.8) is 0 Å². The number of aromatic nitrogens is 2. The zero-order valence-corrected chi connectivity index (χ0v) is 11.6. The summed E-state index contributed by atoms with van der Waals surface area (Å²) in [7, 11) is 0. The van der Waals surface area contributed by atoms with Crippen molar-refractivity contribution in [2.75, 3.05) is 5.73 Å². The van der Waals surface area contributed by atoms with E-state index in [1.807, 2.05) is 36.4 Å². The van der Waals surface area contributed by atoms with Crippen LogP contribution in [0.2, 0.25) is 5.02 Å². The van der Waals surface area contributed by atoms with Gasteiger partial charge in [-0.15, -0.1) is 0 Å². The number of halogens is 1. The third kappa shape index (κ3) is 2.00. The Bertz CT molecular complexity index is 939. The number of nitrogen functional groups attached to an aromatic ring is 1. The van der Waals surface area contributed by atoms with Crippen LogP contribution in [0.1, 0.15) is 0 Å². The van der Waals surface area contributed by atoms with E-state index in [0.29, 0.717) is 33.4 Å². The molecule has 2 aromatic heterocycles. The van der Waals surface area contributed by atoms with Crippen LogP contribution in [0.3, 0.4) is 0 Å². The molecule has 4 aromatic rings. The fourth-order valence-electron chi connectivity index (χ4n) is 2.26. The molecule has 0 radical (unpaired) electrons. The summed E-state index contributed by atoms with van der Waals surface area (Å²) in [5.41, 5.74) is 9.09. The molecule has 0 saturated carbocycles. The number of hydrogen-bond donors (Lipinski definition) is 1. The van der Waals surface area contributed by atoms with Crippen molar-refractivity contribution < 1.29 is 4.42 Å². The standard InChI is InChI=1S/C16H10ClN3O/c17-10-7-14-15(8-11(10)18)21-16(20-14)13-6-5-9-3-1-2-4-12(9)19-13/h1-8H,18H2. The van der Waals surface area contributed by atoms with Crippen molar-refractivity contribution in [1.82, 2.24) is 9.97 Å². The Morgan fingerprint density at radius 3 is 2.71 bits per heavy atom. The average molecular weight is 296 g/mol. The lowest BCUT2D eigenvalue weighted by Crippen LogP contribution is -1.85. The predicted molar refractivity (Wildman–Crippen MR) is 84.2 cm³/mol. The first-order valence-electron chi connectivity index (χ1n) is 6.42. The quantitative estimate of drug-likeness (QED) is 0.532. The second-order valence-corrected chi connectivity index (χ2v) is 5.16. The van der Waals surface area contributed by atoms with Gasteiger partial charge in [0.15, 0.2) is 5.58 Å². The monoisotopic (exact) mass is 295 g/mol. The molecule has 2 heterocycles. The lowest BCUT2D eigenvalue weighted by molar-refractivity contribution is 0.617. The molecule has 0 bridgehead atoms. The summed E-state index contributed by atoms with van der Waals surface area (Å²) in [6.45, 7) is 0. The second kappa shape index (κ2) is 4.46. The smallest absolute Gasteiger partial charge is 0.246 e. The summed E-state index contributed by atoms with van der Waals surface area (Å²) in [5.74, 6) is 0.456. The molecule has 4 rings (SSSR count). The second-order valence-electron chi connectivity index (χ2n) is 4.75. The third-order valence-electron chi connectivity index (χ3n) is 3.32. The van der Waals surface area contributed by atoms with Gasteiger partial charge in [0.05, 0.1) is 16.2 Å². The number of hydrogen-bond acceptors (Lipinski definition) is 4. The topological polar surface area (TPSA) is 64.9 Å². The highest BCUT2D eigenvalue weighted by atomic mass is 35.5. The van der Waals surface area contributed by atoms with Gasteiger partial charge in [0.1, 0.15) is 11.2 Å². The van der Waals surface area contributed by atoms with Crippen molar-refractivity contribution >= 4 is 39.3 Å². The lowest BCUT2D eigenvalue weighted by atomic mass is 10.2. The van der Waals surface area contributed by atoms with E-state index in [-0.39, 0.29) is 0 Å². The van der Waals surface area contributed by atoms with E-state index in [9.17, 15) is 0 Å². The molecule has 0 unspecified atom stereocenters. The fraction of sp³-hybridized carbons (Fsp3) is 0. The Morgan fingerprint density at radius 2 is 1.81 bits per heavy atom. The molecule has 21 heavy (non-hydrogen) atoms. The van der Waals surface area contributed by atoms with Crippen LogP contribution in [0.4, 0.5) is 5.69 Å². The van der Waals surface area contributed by atoms with Gasteiger partial charge in [-0.1, -0.05) is 35.9 Å². The minimum atomic E-state index is 0.456. The summed E-state index contributed by atoms with van der Waals surface area (Å²) in [6.07, 6.45) is 0. The maximum atomic E-state index is 6.00. The lowest BCUT2D eigenvalue weighted by Gasteiger charge is -1.98. The van der Waals surface area contributed by atoms with Gasteiger partial charge in [0.25, 0.3) is 0 Å². The van der Waals surface area contributed by atoms with Crippen LogP contribution in [0.15, 0.2) is 52.9 Å². The van der Waals surface area contributed by atoms with Crippen LogP contribution in [0.25, 0.3) is 33.6 Å². The van der Waals surface area contributed by atoms with Gasteiger partial charge in [-0.2, -0.15) is 0 Å². The van der Waals surface area contributed by atoms with E-state index in [1.54, 1.807) is 12.1 Å². The van der Waals surface area contributed by atoms with Crippen LogP contribution in [0.5, 0.6) is 0 Å². The molecule has 0 aliphatic rings. The van der Waals surface area contributed by atoms with Gasteiger partial charge in [-0.05, 0) is 18.2 Å². The van der Waals surface area contributed by atoms with Crippen molar-refractivity contribution in [3.8, 4) is 11.6 Å². The number of pyridine rings is 1. The Morgan fingerprint density at radius 1 is 0.952 bits per heavy atom. The molecule has 0 amide bonds. The summed E-state index contributed by atoms with van der Waals surface area (Å²) >= 11 is 6.00. The number of fused-ring (bicyclic) bond motifs is 2. The molecule has 0 fully saturated rings. The van der Waals surface area contributed by atoms with E-state index in [2.05, 4.69) is 9.97 Å². The molecule has 2 N–H and O–H groups in total. The molecule has 2 aromatic carbocycles. The third-order valence-corrected chi connectivity index (χ3v) is 3.65. The zero-order chi connectivity index (χ0) is 14.4. The number of oxazole rings is 1. The molecule has 0 spiro atoms. The number of anilines is 1. The predicted octanol–water partition coefficient (Wildman–Crippen LogP) is 4.28. The number of nitrogens with two attached hydrogens (primary N) is 1. The molecule has 4 nitrogen and oxygen atoms in total. The van der Waals surface area contributed by atoms with Crippen LogP contribution >= 0.6 is 11.6 Å². The van der Waals surface area contributed by atoms with Gasteiger partial charge in [-0.25, -0.2) is 9.97 Å². The molecule has 102 valence electrons. The Kier molecular flexibility index (Phi) is 2.59. The first kappa shape index (κ1) is 12.2. The summed E-state index contributed by atoms with van der Waals surface area (Å²) in [5, 5.41) is 1.54. The van der Waals surface area contributed by atoms with E-state index in [1.165, 1.54) is 0 Å². The first-order valence-corrected chi connectivity index (χ1v) is 6.80. The van der Waals surface area contributed by atoms with Gasteiger partial charge in [0.2, 0.25) is 5.89 Å². The van der Waals surface area contributed by atoms with E-state index in [4.69, 9.17) is 21.8 Å². The first-order chi connectivity index (χ1) is 10.2. The minimum Gasteiger partial charge on any atom is -0.435 e. The van der Waals surface area contributed by atoms with E-state index in [0.717, 1.165) is 10.9 Å². The molecular formula is C16H10ClN3O.